The number of hydrogen-bond donors (Lipinski definition) is 1. The van der Waals surface area contributed by atoms with Crippen molar-refractivity contribution in [2.45, 2.75) is 11.8 Å². The van der Waals surface area contributed by atoms with E-state index in [0.29, 0.717) is 0 Å². The molecule has 0 unspecified atom stereocenters. The van der Waals surface area contributed by atoms with Gasteiger partial charge in [-0.2, -0.15) is 0 Å². The van der Waals surface area contributed by atoms with Gasteiger partial charge in [-0.3, -0.25) is 0 Å². The zero-order chi connectivity index (χ0) is 8.72. The molecule has 0 amide bonds. The van der Waals surface area contributed by atoms with Gasteiger partial charge >= 0.3 is 0 Å². The molecular formula is C9H7FS2. The lowest BCUT2D eigenvalue weighted by molar-refractivity contribution is 0.627. The van der Waals surface area contributed by atoms with E-state index >= 15 is 0 Å². The molecule has 3 heteroatoms. The van der Waals surface area contributed by atoms with Gasteiger partial charge in [-0.05, 0) is 30.5 Å². The van der Waals surface area contributed by atoms with Crippen LogP contribution in [0.25, 0.3) is 10.1 Å². The van der Waals surface area contributed by atoms with Crippen LogP contribution in [0.15, 0.2) is 23.1 Å². The molecule has 1 heterocycles. The van der Waals surface area contributed by atoms with Gasteiger partial charge in [-0.1, -0.05) is 0 Å². The minimum Gasteiger partial charge on any atom is -0.207 e. The number of halogens is 1. The highest BCUT2D eigenvalue weighted by Gasteiger charge is 2.03. The topological polar surface area (TPSA) is 0 Å². The molecule has 0 saturated carbocycles. The van der Waals surface area contributed by atoms with E-state index in [4.69, 9.17) is 0 Å². The number of rotatable bonds is 0. The van der Waals surface area contributed by atoms with E-state index in [1.165, 1.54) is 10.9 Å². The van der Waals surface area contributed by atoms with Crippen LogP contribution in [0.1, 0.15) is 4.88 Å². The predicted octanol–water partition coefficient (Wildman–Crippen LogP) is 3.64. The number of fused-ring (bicyclic) bond motifs is 1. The van der Waals surface area contributed by atoms with Crippen LogP contribution in [0, 0.1) is 12.7 Å². The highest BCUT2D eigenvalue weighted by molar-refractivity contribution is 7.80. The molecule has 2 rings (SSSR count). The quantitative estimate of drug-likeness (QED) is 0.614. The molecule has 0 atom stereocenters. The summed E-state index contributed by atoms with van der Waals surface area (Å²) in [4.78, 5) is 1.91. The fourth-order valence-corrected chi connectivity index (χ4v) is 2.52. The fourth-order valence-electron chi connectivity index (χ4n) is 1.23. The maximum atomic E-state index is 12.9. The summed E-state index contributed by atoms with van der Waals surface area (Å²) < 4.78 is 13.9. The van der Waals surface area contributed by atoms with E-state index < -0.39 is 0 Å². The summed E-state index contributed by atoms with van der Waals surface area (Å²) in [5.74, 6) is -0.217. The summed E-state index contributed by atoms with van der Waals surface area (Å²) in [6.45, 7) is 2.01. The summed E-state index contributed by atoms with van der Waals surface area (Å²) in [5.41, 5.74) is 0. The van der Waals surface area contributed by atoms with E-state index in [0.717, 1.165) is 15.0 Å². The highest BCUT2D eigenvalue weighted by atomic mass is 32.1. The lowest BCUT2D eigenvalue weighted by Gasteiger charge is -1.93. The first-order valence-electron chi connectivity index (χ1n) is 3.55. The van der Waals surface area contributed by atoms with Crippen LogP contribution >= 0.6 is 24.0 Å². The Morgan fingerprint density at radius 2 is 2.08 bits per heavy atom. The first-order valence-corrected chi connectivity index (χ1v) is 4.82. The molecule has 0 saturated heterocycles. The second-order valence-electron chi connectivity index (χ2n) is 2.70. The van der Waals surface area contributed by atoms with Crippen LogP contribution < -0.4 is 0 Å². The summed E-state index contributed by atoms with van der Waals surface area (Å²) in [6, 6.07) is 4.96. The molecule has 0 aliphatic heterocycles. The van der Waals surface area contributed by atoms with Gasteiger partial charge in [0, 0.05) is 14.5 Å². The van der Waals surface area contributed by atoms with Gasteiger partial charge in [0.05, 0.1) is 0 Å². The second-order valence-corrected chi connectivity index (χ2v) is 4.44. The van der Waals surface area contributed by atoms with E-state index in [1.807, 2.05) is 13.0 Å². The lowest BCUT2D eigenvalue weighted by atomic mass is 10.2. The van der Waals surface area contributed by atoms with Crippen LogP contribution in [0.4, 0.5) is 4.39 Å². The molecule has 0 nitrogen and oxygen atoms in total. The Morgan fingerprint density at radius 3 is 2.83 bits per heavy atom. The number of benzene rings is 1. The van der Waals surface area contributed by atoms with Crippen LogP contribution in [-0.4, -0.2) is 0 Å². The third-order valence-corrected chi connectivity index (χ3v) is 3.29. The Balaban J connectivity index is 2.88. The van der Waals surface area contributed by atoms with Gasteiger partial charge in [-0.25, -0.2) is 4.39 Å². The normalized spacial score (nSPS) is 10.9. The number of thiol groups is 1. The summed E-state index contributed by atoms with van der Waals surface area (Å²) >= 11 is 5.85. The SMILES string of the molecule is Cc1cc2cc(F)cc(S)c2s1. The molecule has 0 aliphatic rings. The number of hydrogen-bond acceptors (Lipinski definition) is 2. The van der Waals surface area contributed by atoms with Gasteiger partial charge < -0.3 is 0 Å². The van der Waals surface area contributed by atoms with Crippen molar-refractivity contribution in [2.24, 2.45) is 0 Å². The Hall–Kier alpha value is -0.540. The van der Waals surface area contributed by atoms with Crippen molar-refractivity contribution < 1.29 is 4.39 Å². The molecule has 0 spiro atoms. The smallest absolute Gasteiger partial charge is 0.125 e. The second kappa shape index (κ2) is 2.75. The van der Waals surface area contributed by atoms with Crippen molar-refractivity contribution >= 4 is 34.1 Å². The zero-order valence-corrected chi connectivity index (χ0v) is 8.18. The first kappa shape index (κ1) is 8.08. The molecule has 0 bridgehead atoms. The van der Waals surface area contributed by atoms with Gasteiger partial charge in [0.2, 0.25) is 0 Å². The molecule has 0 radical (unpaired) electrons. The molecular weight excluding hydrogens is 191 g/mol. The maximum Gasteiger partial charge on any atom is 0.125 e. The maximum absolute atomic E-state index is 12.9. The van der Waals surface area contributed by atoms with E-state index in [9.17, 15) is 4.39 Å². The molecule has 62 valence electrons. The minimum absolute atomic E-state index is 0.217. The van der Waals surface area contributed by atoms with Crippen LogP contribution in [0.2, 0.25) is 0 Å². The van der Waals surface area contributed by atoms with Crippen molar-refractivity contribution in [3.63, 3.8) is 0 Å². The summed E-state index contributed by atoms with van der Waals surface area (Å²) in [7, 11) is 0. The third-order valence-electron chi connectivity index (χ3n) is 1.68. The first-order chi connectivity index (χ1) is 5.66. The molecule has 12 heavy (non-hydrogen) atoms. The number of aryl methyl sites for hydroxylation is 1. The highest BCUT2D eigenvalue weighted by Crippen LogP contribution is 2.31. The summed E-state index contributed by atoms with van der Waals surface area (Å²) in [5, 5.41) is 0.947. The van der Waals surface area contributed by atoms with Crippen molar-refractivity contribution in [1.29, 1.82) is 0 Å². The van der Waals surface area contributed by atoms with Gasteiger partial charge in [0.15, 0.2) is 0 Å². The molecule has 1 aromatic carbocycles. The van der Waals surface area contributed by atoms with Gasteiger partial charge in [0.25, 0.3) is 0 Å². The van der Waals surface area contributed by atoms with Crippen LogP contribution in [0.3, 0.4) is 0 Å². The van der Waals surface area contributed by atoms with Crippen molar-refractivity contribution in [1.82, 2.24) is 0 Å². The molecule has 0 N–H and O–H groups in total. The van der Waals surface area contributed by atoms with Gasteiger partial charge in [-0.15, -0.1) is 24.0 Å². The van der Waals surface area contributed by atoms with Crippen molar-refractivity contribution in [2.75, 3.05) is 0 Å². The average Bonchev–Trinajstić information content (AvgIpc) is 2.29. The van der Waals surface area contributed by atoms with E-state index in [2.05, 4.69) is 12.6 Å². The zero-order valence-electron chi connectivity index (χ0n) is 6.47. The molecule has 2 aromatic rings. The third kappa shape index (κ3) is 1.23. The predicted molar refractivity (Wildman–Crippen MR) is 53.8 cm³/mol. The van der Waals surface area contributed by atoms with Crippen molar-refractivity contribution in [3.05, 3.63) is 28.9 Å². The van der Waals surface area contributed by atoms with Crippen LogP contribution in [-0.2, 0) is 0 Å². The Bertz CT molecular complexity index is 431. The van der Waals surface area contributed by atoms with Gasteiger partial charge in [0.1, 0.15) is 5.82 Å². The van der Waals surface area contributed by atoms with Crippen LogP contribution in [0.5, 0.6) is 0 Å². The fraction of sp³-hybridized carbons (Fsp3) is 0.111. The standard InChI is InChI=1S/C9H7FS2/c1-5-2-6-3-7(10)4-8(11)9(6)12-5/h2-4,11H,1H3. The summed E-state index contributed by atoms with van der Waals surface area (Å²) in [6.07, 6.45) is 0. The molecule has 1 aromatic heterocycles. The monoisotopic (exact) mass is 198 g/mol. The van der Waals surface area contributed by atoms with E-state index in [1.54, 1.807) is 17.4 Å². The Morgan fingerprint density at radius 1 is 1.33 bits per heavy atom. The van der Waals surface area contributed by atoms with Crippen molar-refractivity contribution in [3.8, 4) is 0 Å². The molecule has 0 aliphatic carbocycles. The molecule has 0 fully saturated rings. The largest absolute Gasteiger partial charge is 0.207 e. The number of thiophene rings is 1. The Kier molecular flexibility index (Phi) is 1.85. The Labute approximate surface area is 79.4 Å². The minimum atomic E-state index is -0.217. The van der Waals surface area contributed by atoms with E-state index in [-0.39, 0.29) is 5.82 Å². The average molecular weight is 198 g/mol. The lowest BCUT2D eigenvalue weighted by Crippen LogP contribution is -1.73.